The van der Waals surface area contributed by atoms with Crippen LogP contribution in [0.3, 0.4) is 0 Å². The average Bonchev–Trinajstić information content (AvgIpc) is 2.46. The van der Waals surface area contributed by atoms with E-state index in [-0.39, 0.29) is 6.54 Å². The number of rotatable bonds is 4. The Labute approximate surface area is 60.0 Å². The first-order valence-electron chi connectivity index (χ1n) is 3.65. The van der Waals surface area contributed by atoms with Gasteiger partial charge in [0.2, 0.25) is 0 Å². The van der Waals surface area contributed by atoms with E-state index in [0.717, 1.165) is 6.54 Å². The predicted molar refractivity (Wildman–Crippen MR) is 36.2 cm³/mol. The van der Waals surface area contributed by atoms with Gasteiger partial charge in [-0.25, -0.2) is 8.78 Å². The van der Waals surface area contributed by atoms with Crippen LogP contribution in [0.25, 0.3) is 0 Å². The summed E-state index contributed by atoms with van der Waals surface area (Å²) in [5.74, 6) is 0.712. The Balaban J connectivity index is 2.02. The van der Waals surface area contributed by atoms with Gasteiger partial charge in [0, 0.05) is 6.54 Å². The van der Waals surface area contributed by atoms with Crippen molar-refractivity contribution in [1.82, 2.24) is 4.90 Å². The van der Waals surface area contributed by atoms with E-state index in [2.05, 4.69) is 0 Å². The second kappa shape index (κ2) is 3.28. The standard InChI is InChI=1S/C7H13F2N/c1-10(5-7(8)9)4-6-2-3-6/h6-7H,2-5H2,1H3. The molecule has 0 radical (unpaired) electrons. The van der Waals surface area contributed by atoms with Gasteiger partial charge in [-0.05, 0) is 25.8 Å². The molecule has 1 nitrogen and oxygen atoms in total. The van der Waals surface area contributed by atoms with E-state index in [1.165, 1.54) is 12.8 Å². The normalized spacial score (nSPS) is 18.9. The van der Waals surface area contributed by atoms with E-state index in [4.69, 9.17) is 0 Å². The number of halogens is 2. The average molecular weight is 149 g/mol. The lowest BCUT2D eigenvalue weighted by molar-refractivity contribution is 0.0985. The molecule has 0 aromatic carbocycles. The van der Waals surface area contributed by atoms with Crippen LogP contribution in [0, 0.1) is 5.92 Å². The van der Waals surface area contributed by atoms with Gasteiger partial charge >= 0.3 is 0 Å². The minimum Gasteiger partial charge on any atom is -0.301 e. The van der Waals surface area contributed by atoms with Crippen molar-refractivity contribution in [3.8, 4) is 0 Å². The largest absolute Gasteiger partial charge is 0.301 e. The van der Waals surface area contributed by atoms with Gasteiger partial charge in [0.15, 0.2) is 0 Å². The summed E-state index contributed by atoms with van der Waals surface area (Å²) < 4.78 is 23.4. The minimum atomic E-state index is -2.18. The third-order valence-electron chi connectivity index (χ3n) is 1.72. The summed E-state index contributed by atoms with van der Waals surface area (Å²) in [4.78, 5) is 1.71. The number of hydrogen-bond donors (Lipinski definition) is 0. The lowest BCUT2D eigenvalue weighted by atomic mass is 10.4. The maximum Gasteiger partial charge on any atom is 0.251 e. The van der Waals surface area contributed by atoms with E-state index < -0.39 is 6.43 Å². The highest BCUT2D eigenvalue weighted by Gasteiger charge is 2.23. The molecule has 3 heteroatoms. The van der Waals surface area contributed by atoms with Gasteiger partial charge in [0.25, 0.3) is 6.43 Å². The highest BCUT2D eigenvalue weighted by molar-refractivity contribution is 4.76. The summed E-state index contributed by atoms with van der Waals surface area (Å²) in [6, 6.07) is 0. The van der Waals surface area contributed by atoms with Gasteiger partial charge in [-0.3, -0.25) is 0 Å². The SMILES string of the molecule is CN(CC(F)F)CC1CC1. The van der Waals surface area contributed by atoms with E-state index in [1.54, 1.807) is 11.9 Å². The van der Waals surface area contributed by atoms with Crippen molar-refractivity contribution >= 4 is 0 Å². The molecule has 0 amide bonds. The molecule has 1 saturated carbocycles. The van der Waals surface area contributed by atoms with Crippen molar-refractivity contribution in [3.05, 3.63) is 0 Å². The smallest absolute Gasteiger partial charge is 0.251 e. The Morgan fingerprint density at radius 2 is 2.10 bits per heavy atom. The molecule has 0 unspecified atom stereocenters. The van der Waals surface area contributed by atoms with E-state index in [9.17, 15) is 8.78 Å². The second-order valence-electron chi connectivity index (χ2n) is 3.06. The number of alkyl halides is 2. The summed E-state index contributed by atoms with van der Waals surface area (Å²) in [5.41, 5.74) is 0. The molecule has 60 valence electrons. The Bertz CT molecular complexity index is 97.8. The second-order valence-corrected chi connectivity index (χ2v) is 3.06. The third kappa shape index (κ3) is 3.11. The van der Waals surface area contributed by atoms with Crippen LogP contribution in [-0.2, 0) is 0 Å². The van der Waals surface area contributed by atoms with Gasteiger partial charge in [0.05, 0.1) is 6.54 Å². The van der Waals surface area contributed by atoms with Crippen molar-refractivity contribution in [2.45, 2.75) is 19.3 Å². The van der Waals surface area contributed by atoms with Gasteiger partial charge < -0.3 is 4.90 Å². The van der Waals surface area contributed by atoms with Crippen LogP contribution in [0.1, 0.15) is 12.8 Å². The van der Waals surface area contributed by atoms with E-state index >= 15 is 0 Å². The quantitative estimate of drug-likeness (QED) is 0.586. The Morgan fingerprint density at radius 3 is 2.50 bits per heavy atom. The fourth-order valence-electron chi connectivity index (χ4n) is 1.05. The van der Waals surface area contributed by atoms with Crippen LogP contribution in [0.2, 0.25) is 0 Å². The Morgan fingerprint density at radius 1 is 1.50 bits per heavy atom. The summed E-state index contributed by atoms with van der Waals surface area (Å²) in [6.45, 7) is 0.779. The molecule has 10 heavy (non-hydrogen) atoms. The topological polar surface area (TPSA) is 3.24 Å². The maximum absolute atomic E-state index is 11.7. The van der Waals surface area contributed by atoms with Crippen LogP contribution in [0.4, 0.5) is 8.78 Å². The summed E-state index contributed by atoms with van der Waals surface area (Å²) in [5, 5.41) is 0. The van der Waals surface area contributed by atoms with Gasteiger partial charge in [-0.2, -0.15) is 0 Å². The third-order valence-corrected chi connectivity index (χ3v) is 1.72. The Hall–Kier alpha value is -0.180. The summed E-state index contributed by atoms with van der Waals surface area (Å²) in [6.07, 6.45) is 0.282. The van der Waals surface area contributed by atoms with Crippen LogP contribution in [0.15, 0.2) is 0 Å². The van der Waals surface area contributed by atoms with E-state index in [0.29, 0.717) is 5.92 Å². The molecule has 0 atom stereocenters. The molecule has 0 spiro atoms. The molecular weight excluding hydrogens is 136 g/mol. The monoisotopic (exact) mass is 149 g/mol. The first kappa shape index (κ1) is 7.92. The molecular formula is C7H13F2N. The van der Waals surface area contributed by atoms with Crippen LogP contribution < -0.4 is 0 Å². The maximum atomic E-state index is 11.7. The molecule has 0 saturated heterocycles. The highest BCUT2D eigenvalue weighted by atomic mass is 19.3. The van der Waals surface area contributed by atoms with Crippen molar-refractivity contribution in [2.24, 2.45) is 5.92 Å². The lowest BCUT2D eigenvalue weighted by Gasteiger charge is -2.14. The molecule has 1 rings (SSSR count). The highest BCUT2D eigenvalue weighted by Crippen LogP contribution is 2.29. The zero-order valence-electron chi connectivity index (χ0n) is 6.19. The van der Waals surface area contributed by atoms with Crippen LogP contribution in [0.5, 0.6) is 0 Å². The van der Waals surface area contributed by atoms with Gasteiger partial charge in [-0.1, -0.05) is 0 Å². The molecule has 1 aliphatic rings. The molecule has 0 bridgehead atoms. The minimum absolute atomic E-state index is 0.0729. The zero-order chi connectivity index (χ0) is 7.56. The summed E-state index contributed by atoms with van der Waals surface area (Å²) in [7, 11) is 1.75. The molecule has 0 N–H and O–H groups in total. The van der Waals surface area contributed by atoms with Crippen LogP contribution in [-0.4, -0.2) is 31.5 Å². The van der Waals surface area contributed by atoms with Crippen molar-refractivity contribution < 1.29 is 8.78 Å². The Kier molecular flexibility index (Phi) is 2.60. The molecule has 0 aromatic rings. The molecule has 0 heterocycles. The number of nitrogens with zero attached hydrogens (tertiary/aromatic N) is 1. The van der Waals surface area contributed by atoms with Gasteiger partial charge in [0.1, 0.15) is 0 Å². The van der Waals surface area contributed by atoms with E-state index in [1.807, 2.05) is 0 Å². The fraction of sp³-hybridized carbons (Fsp3) is 1.00. The fourth-order valence-corrected chi connectivity index (χ4v) is 1.05. The lowest BCUT2D eigenvalue weighted by Crippen LogP contribution is -2.26. The first-order chi connectivity index (χ1) is 4.68. The number of hydrogen-bond acceptors (Lipinski definition) is 1. The van der Waals surface area contributed by atoms with Crippen LogP contribution >= 0.6 is 0 Å². The van der Waals surface area contributed by atoms with Crippen molar-refractivity contribution in [3.63, 3.8) is 0 Å². The predicted octanol–water partition coefficient (Wildman–Crippen LogP) is 1.59. The molecule has 1 fully saturated rings. The zero-order valence-corrected chi connectivity index (χ0v) is 6.19. The molecule has 0 aromatic heterocycles. The van der Waals surface area contributed by atoms with Crippen molar-refractivity contribution in [2.75, 3.05) is 20.1 Å². The van der Waals surface area contributed by atoms with Crippen molar-refractivity contribution in [1.29, 1.82) is 0 Å². The first-order valence-corrected chi connectivity index (χ1v) is 3.65. The molecule has 1 aliphatic carbocycles. The summed E-state index contributed by atoms with van der Waals surface area (Å²) >= 11 is 0. The van der Waals surface area contributed by atoms with Gasteiger partial charge in [-0.15, -0.1) is 0 Å². The molecule has 0 aliphatic heterocycles.